The second kappa shape index (κ2) is 8.35. The molecule has 1 fully saturated rings. The van der Waals surface area contributed by atoms with Crippen LogP contribution in [0.25, 0.3) is 0 Å². The van der Waals surface area contributed by atoms with Crippen LogP contribution in [0.5, 0.6) is 0 Å². The van der Waals surface area contributed by atoms with E-state index in [1.807, 2.05) is 0 Å². The summed E-state index contributed by atoms with van der Waals surface area (Å²) in [6.07, 6.45) is 3.83. The first-order chi connectivity index (χ1) is 12.5. The number of carbonyl (C=O) groups excluding carboxylic acids is 1. The van der Waals surface area contributed by atoms with Crippen LogP contribution in [0.15, 0.2) is 47.8 Å². The Morgan fingerprint density at radius 1 is 1.31 bits per heavy atom. The fourth-order valence-electron chi connectivity index (χ4n) is 2.56. The molecule has 8 nitrogen and oxygen atoms in total. The molecular weight excluding hydrogens is 356 g/mol. The predicted octanol–water partition coefficient (Wildman–Crippen LogP) is 0.721. The molecule has 138 valence electrons. The van der Waals surface area contributed by atoms with Crippen LogP contribution in [-0.4, -0.2) is 44.1 Å². The SMILES string of the molecule is O=C(NCc1ccncn1)c1cccc(S(=O)(=O)NC[C@H]2CCOC2)c1. The van der Waals surface area contributed by atoms with Crippen LogP contribution in [0, 0.1) is 5.92 Å². The van der Waals surface area contributed by atoms with E-state index in [9.17, 15) is 13.2 Å². The molecule has 1 aromatic heterocycles. The highest BCUT2D eigenvalue weighted by molar-refractivity contribution is 7.89. The van der Waals surface area contributed by atoms with E-state index in [1.165, 1.54) is 18.5 Å². The third-order valence-corrected chi connectivity index (χ3v) is 5.49. The zero-order chi connectivity index (χ0) is 18.4. The van der Waals surface area contributed by atoms with E-state index in [4.69, 9.17) is 4.74 Å². The Balaban J connectivity index is 1.63. The molecule has 0 aliphatic carbocycles. The monoisotopic (exact) mass is 376 g/mol. The van der Waals surface area contributed by atoms with Gasteiger partial charge in [-0.1, -0.05) is 6.07 Å². The van der Waals surface area contributed by atoms with Crippen molar-refractivity contribution in [1.82, 2.24) is 20.0 Å². The van der Waals surface area contributed by atoms with Crippen LogP contribution < -0.4 is 10.0 Å². The Morgan fingerprint density at radius 3 is 2.92 bits per heavy atom. The van der Waals surface area contributed by atoms with E-state index >= 15 is 0 Å². The van der Waals surface area contributed by atoms with E-state index in [0.717, 1.165) is 6.42 Å². The van der Waals surface area contributed by atoms with Crippen molar-refractivity contribution in [3.8, 4) is 0 Å². The Hall–Kier alpha value is -2.36. The van der Waals surface area contributed by atoms with Crippen LogP contribution in [0.1, 0.15) is 22.5 Å². The van der Waals surface area contributed by atoms with Gasteiger partial charge < -0.3 is 10.1 Å². The molecule has 1 amide bonds. The lowest BCUT2D eigenvalue weighted by Gasteiger charge is -2.11. The Bertz CT molecular complexity index is 852. The molecule has 1 atom stereocenters. The first-order valence-corrected chi connectivity index (χ1v) is 9.73. The number of sulfonamides is 1. The molecule has 0 bridgehead atoms. The van der Waals surface area contributed by atoms with Gasteiger partial charge >= 0.3 is 0 Å². The summed E-state index contributed by atoms with van der Waals surface area (Å²) in [5.74, 6) is -0.186. The Morgan fingerprint density at radius 2 is 2.19 bits per heavy atom. The molecule has 1 aliphatic rings. The van der Waals surface area contributed by atoms with Crippen LogP contribution in [-0.2, 0) is 21.3 Å². The van der Waals surface area contributed by atoms with E-state index < -0.39 is 10.0 Å². The lowest BCUT2D eigenvalue weighted by molar-refractivity contribution is 0.0950. The number of hydrogen-bond acceptors (Lipinski definition) is 6. The molecular formula is C17H20N4O4S. The van der Waals surface area contributed by atoms with Crippen LogP contribution >= 0.6 is 0 Å². The number of nitrogens with zero attached hydrogens (tertiary/aromatic N) is 2. The Kier molecular flexibility index (Phi) is 5.92. The molecule has 2 aromatic rings. The van der Waals surface area contributed by atoms with Crippen molar-refractivity contribution in [2.75, 3.05) is 19.8 Å². The third-order valence-electron chi connectivity index (χ3n) is 4.07. The maximum atomic E-state index is 12.4. The van der Waals surface area contributed by atoms with Crippen LogP contribution in [0.3, 0.4) is 0 Å². The number of carbonyl (C=O) groups is 1. The van der Waals surface area contributed by atoms with Crippen molar-refractivity contribution < 1.29 is 17.9 Å². The van der Waals surface area contributed by atoms with Crippen molar-refractivity contribution in [2.45, 2.75) is 17.9 Å². The van der Waals surface area contributed by atoms with Crippen LogP contribution in [0.2, 0.25) is 0 Å². The molecule has 3 rings (SSSR count). The summed E-state index contributed by atoms with van der Waals surface area (Å²) in [6.45, 7) is 1.78. The summed E-state index contributed by atoms with van der Waals surface area (Å²) < 4.78 is 32.7. The van der Waals surface area contributed by atoms with Crippen LogP contribution in [0.4, 0.5) is 0 Å². The number of amides is 1. The summed E-state index contributed by atoms with van der Waals surface area (Å²) in [5.41, 5.74) is 0.934. The lowest BCUT2D eigenvalue weighted by Crippen LogP contribution is -2.30. The maximum absolute atomic E-state index is 12.4. The van der Waals surface area contributed by atoms with Gasteiger partial charge in [0.05, 0.1) is 23.7 Å². The van der Waals surface area contributed by atoms with Crippen molar-refractivity contribution in [2.24, 2.45) is 5.92 Å². The normalized spacial score (nSPS) is 17.2. The van der Waals surface area contributed by atoms with Crippen molar-refractivity contribution >= 4 is 15.9 Å². The zero-order valence-electron chi connectivity index (χ0n) is 14.1. The van der Waals surface area contributed by atoms with Gasteiger partial charge in [-0.25, -0.2) is 23.1 Å². The van der Waals surface area contributed by atoms with E-state index in [1.54, 1.807) is 24.4 Å². The second-order valence-corrected chi connectivity index (χ2v) is 7.76. The summed E-state index contributed by atoms with van der Waals surface area (Å²) in [4.78, 5) is 20.2. The highest BCUT2D eigenvalue weighted by Crippen LogP contribution is 2.15. The average Bonchev–Trinajstić information content (AvgIpc) is 3.19. The number of ether oxygens (including phenoxy) is 1. The fourth-order valence-corrected chi connectivity index (χ4v) is 3.72. The van der Waals surface area contributed by atoms with Gasteiger partial charge in [0.1, 0.15) is 6.33 Å². The van der Waals surface area contributed by atoms with Crippen molar-refractivity contribution in [1.29, 1.82) is 0 Å². The van der Waals surface area contributed by atoms with Crippen molar-refractivity contribution in [3.63, 3.8) is 0 Å². The van der Waals surface area contributed by atoms with Gasteiger partial charge in [0.2, 0.25) is 10.0 Å². The molecule has 26 heavy (non-hydrogen) atoms. The minimum atomic E-state index is -3.68. The first-order valence-electron chi connectivity index (χ1n) is 8.25. The van der Waals surface area contributed by atoms with Gasteiger partial charge in [0.25, 0.3) is 5.91 Å². The number of aromatic nitrogens is 2. The minimum absolute atomic E-state index is 0.0612. The standard InChI is InChI=1S/C17H20N4O4S/c22-17(19-10-15-4-6-18-12-20-15)14-2-1-3-16(8-14)26(23,24)21-9-13-5-7-25-11-13/h1-4,6,8,12-13,21H,5,7,9-11H2,(H,19,22)/t13-/m1/s1. The van der Waals surface area contributed by atoms with Gasteiger partial charge in [-0.05, 0) is 36.6 Å². The topological polar surface area (TPSA) is 110 Å². The number of nitrogens with one attached hydrogen (secondary N) is 2. The highest BCUT2D eigenvalue weighted by Gasteiger charge is 2.21. The van der Waals surface area contributed by atoms with Gasteiger partial charge in [0, 0.05) is 24.9 Å². The minimum Gasteiger partial charge on any atom is -0.381 e. The highest BCUT2D eigenvalue weighted by atomic mass is 32.2. The zero-order valence-corrected chi connectivity index (χ0v) is 14.9. The van der Waals surface area contributed by atoms with E-state index in [0.29, 0.717) is 25.5 Å². The maximum Gasteiger partial charge on any atom is 0.251 e. The molecule has 2 N–H and O–H groups in total. The molecule has 2 heterocycles. The summed E-state index contributed by atoms with van der Waals surface area (Å²) in [7, 11) is -3.68. The summed E-state index contributed by atoms with van der Waals surface area (Å²) >= 11 is 0. The fraction of sp³-hybridized carbons (Fsp3) is 0.353. The number of benzene rings is 1. The predicted molar refractivity (Wildman–Crippen MR) is 93.8 cm³/mol. The molecule has 9 heteroatoms. The summed E-state index contributed by atoms with van der Waals surface area (Å²) in [5, 5.41) is 2.71. The molecule has 1 saturated heterocycles. The third kappa shape index (κ3) is 4.84. The smallest absolute Gasteiger partial charge is 0.251 e. The van der Waals surface area contributed by atoms with Crippen molar-refractivity contribution in [3.05, 3.63) is 54.1 Å². The average molecular weight is 376 g/mol. The largest absolute Gasteiger partial charge is 0.381 e. The quantitative estimate of drug-likeness (QED) is 0.737. The molecule has 0 spiro atoms. The number of hydrogen-bond donors (Lipinski definition) is 2. The van der Waals surface area contributed by atoms with Gasteiger partial charge in [-0.3, -0.25) is 4.79 Å². The molecule has 0 saturated carbocycles. The lowest BCUT2D eigenvalue weighted by atomic mass is 10.1. The molecule has 0 radical (unpaired) electrons. The van der Waals surface area contributed by atoms with E-state index in [2.05, 4.69) is 20.0 Å². The van der Waals surface area contributed by atoms with Gasteiger partial charge in [-0.2, -0.15) is 0 Å². The van der Waals surface area contributed by atoms with Gasteiger partial charge in [0.15, 0.2) is 0 Å². The second-order valence-electron chi connectivity index (χ2n) is 5.99. The van der Waals surface area contributed by atoms with E-state index in [-0.39, 0.29) is 28.8 Å². The molecule has 1 aliphatic heterocycles. The Labute approximate surface area is 152 Å². The summed E-state index contributed by atoms with van der Waals surface area (Å²) in [6, 6.07) is 7.64. The first kappa shape index (κ1) is 18.4. The molecule has 1 aromatic carbocycles. The molecule has 0 unspecified atom stereocenters. The van der Waals surface area contributed by atoms with Gasteiger partial charge in [-0.15, -0.1) is 0 Å². The number of rotatable bonds is 7.